The summed E-state index contributed by atoms with van der Waals surface area (Å²) in [5, 5.41) is 3.00. The largest absolute Gasteiger partial charge is 0.325 e. The van der Waals surface area contributed by atoms with Gasteiger partial charge in [0.15, 0.2) is 0 Å². The maximum Gasteiger partial charge on any atom is 0.264 e. The molecule has 0 saturated carbocycles. The Bertz CT molecular complexity index is 1400. The second kappa shape index (κ2) is 10.8. The number of sulfonamides is 1. The van der Waals surface area contributed by atoms with Crippen molar-refractivity contribution >= 4 is 39.1 Å². The van der Waals surface area contributed by atoms with Crippen LogP contribution >= 0.6 is 11.8 Å². The predicted molar refractivity (Wildman–Crippen MR) is 143 cm³/mol. The van der Waals surface area contributed by atoms with Gasteiger partial charge in [0.2, 0.25) is 5.91 Å². The van der Waals surface area contributed by atoms with Gasteiger partial charge in [0, 0.05) is 16.8 Å². The molecule has 0 aliphatic heterocycles. The van der Waals surface area contributed by atoms with Crippen LogP contribution in [0.15, 0.2) is 118 Å². The van der Waals surface area contributed by atoms with Crippen LogP contribution in [0.1, 0.15) is 11.1 Å². The first-order valence-corrected chi connectivity index (χ1v) is 13.3. The molecule has 1 N–H and O–H groups in total. The lowest BCUT2D eigenvalue weighted by molar-refractivity contribution is -0.115. The van der Waals surface area contributed by atoms with Gasteiger partial charge in [-0.05, 0) is 61.0 Å². The van der Waals surface area contributed by atoms with Crippen molar-refractivity contribution in [2.75, 3.05) is 16.7 Å². The van der Waals surface area contributed by atoms with Gasteiger partial charge in [-0.25, -0.2) is 8.42 Å². The summed E-state index contributed by atoms with van der Waals surface area (Å²) >= 11 is 1.59. The predicted octanol–water partition coefficient (Wildman–Crippen LogP) is 6.15. The van der Waals surface area contributed by atoms with E-state index in [0.29, 0.717) is 5.69 Å². The van der Waals surface area contributed by atoms with Gasteiger partial charge in [-0.3, -0.25) is 9.10 Å². The minimum atomic E-state index is -3.66. The molecule has 4 aromatic carbocycles. The molecule has 7 heteroatoms. The van der Waals surface area contributed by atoms with Gasteiger partial charge >= 0.3 is 0 Å². The van der Waals surface area contributed by atoms with E-state index in [2.05, 4.69) is 5.32 Å². The van der Waals surface area contributed by atoms with E-state index in [1.165, 1.54) is 11.4 Å². The van der Waals surface area contributed by atoms with Crippen molar-refractivity contribution in [3.05, 3.63) is 114 Å². The molecule has 1 amide bonds. The zero-order valence-corrected chi connectivity index (χ0v) is 21.1. The number of anilines is 2. The molecular weight excluding hydrogens is 476 g/mol. The van der Waals surface area contributed by atoms with Crippen LogP contribution in [0.4, 0.5) is 11.4 Å². The third kappa shape index (κ3) is 6.12. The maximum atomic E-state index is 12.9. The molecule has 0 saturated heterocycles. The fourth-order valence-electron chi connectivity index (χ4n) is 3.49. The molecule has 4 rings (SSSR count). The molecule has 0 heterocycles. The fourth-order valence-corrected chi connectivity index (χ4v) is 5.60. The van der Waals surface area contributed by atoms with Gasteiger partial charge in [-0.1, -0.05) is 71.9 Å². The SMILES string of the molecule is Cc1ccc(S(=O)(=O)N(C)c2ccc(CC(=O)Nc3ccccc3Sc3ccccc3)cc2)cc1. The van der Waals surface area contributed by atoms with Crippen molar-refractivity contribution in [3.8, 4) is 0 Å². The average Bonchev–Trinajstić information content (AvgIpc) is 2.86. The lowest BCUT2D eigenvalue weighted by Crippen LogP contribution is -2.26. The first-order valence-electron chi connectivity index (χ1n) is 11.1. The Hall–Kier alpha value is -3.55. The second-order valence-corrected chi connectivity index (χ2v) is 11.2. The summed E-state index contributed by atoms with van der Waals surface area (Å²) in [5.74, 6) is -0.139. The summed E-state index contributed by atoms with van der Waals surface area (Å²) in [6.45, 7) is 1.91. The first-order chi connectivity index (χ1) is 16.8. The fraction of sp³-hybridized carbons (Fsp3) is 0.107. The molecule has 4 aromatic rings. The van der Waals surface area contributed by atoms with Crippen LogP contribution in [0.5, 0.6) is 0 Å². The number of hydrogen-bond acceptors (Lipinski definition) is 4. The lowest BCUT2D eigenvalue weighted by Gasteiger charge is -2.20. The molecular formula is C28H26N2O3S2. The number of hydrogen-bond donors (Lipinski definition) is 1. The third-order valence-corrected chi connectivity index (χ3v) is 8.36. The molecule has 35 heavy (non-hydrogen) atoms. The highest BCUT2D eigenvalue weighted by molar-refractivity contribution is 7.99. The number of benzene rings is 4. The van der Waals surface area contributed by atoms with E-state index < -0.39 is 10.0 Å². The minimum Gasteiger partial charge on any atom is -0.325 e. The molecule has 178 valence electrons. The normalized spacial score (nSPS) is 11.1. The van der Waals surface area contributed by atoms with Gasteiger partial charge in [-0.15, -0.1) is 0 Å². The smallest absolute Gasteiger partial charge is 0.264 e. The summed E-state index contributed by atoms with van der Waals surface area (Å²) in [4.78, 5) is 15.0. The number of para-hydroxylation sites is 1. The standard InChI is InChI=1S/C28H26N2O3S2/c1-21-12-18-25(19-13-21)35(32,33)30(2)23-16-14-22(15-17-23)20-28(31)29-26-10-6-7-11-27(26)34-24-8-4-3-5-9-24/h3-19H,20H2,1-2H3,(H,29,31). The van der Waals surface area contributed by atoms with Crippen LogP contribution in [0, 0.1) is 6.92 Å². The molecule has 0 aliphatic carbocycles. The lowest BCUT2D eigenvalue weighted by atomic mass is 10.1. The molecule has 0 radical (unpaired) electrons. The molecule has 0 bridgehead atoms. The summed E-state index contributed by atoms with van der Waals surface area (Å²) in [7, 11) is -2.14. The monoisotopic (exact) mass is 502 g/mol. The van der Waals surface area contributed by atoms with Crippen LogP contribution in [0.25, 0.3) is 0 Å². The van der Waals surface area contributed by atoms with Gasteiger partial charge in [0.1, 0.15) is 0 Å². The summed E-state index contributed by atoms with van der Waals surface area (Å²) in [5.41, 5.74) is 3.07. The van der Waals surface area contributed by atoms with E-state index in [9.17, 15) is 13.2 Å². The van der Waals surface area contributed by atoms with Gasteiger partial charge < -0.3 is 5.32 Å². The Kier molecular flexibility index (Phi) is 7.58. The molecule has 0 fully saturated rings. The zero-order valence-electron chi connectivity index (χ0n) is 19.5. The Labute approximate surface area is 210 Å². The highest BCUT2D eigenvalue weighted by atomic mass is 32.2. The number of nitrogens with one attached hydrogen (secondary N) is 1. The zero-order chi connectivity index (χ0) is 24.8. The molecule has 0 atom stereocenters. The number of rotatable bonds is 8. The third-order valence-electron chi connectivity index (χ3n) is 5.48. The number of carbonyl (C=O) groups excluding carboxylic acids is 1. The topological polar surface area (TPSA) is 66.5 Å². The molecule has 0 unspecified atom stereocenters. The van der Waals surface area contributed by atoms with Crippen LogP contribution in [0.3, 0.4) is 0 Å². The second-order valence-electron chi connectivity index (χ2n) is 8.09. The van der Waals surface area contributed by atoms with Crippen LogP contribution in [0.2, 0.25) is 0 Å². The Balaban J connectivity index is 1.42. The van der Waals surface area contributed by atoms with Crippen LogP contribution < -0.4 is 9.62 Å². The van der Waals surface area contributed by atoms with Crippen LogP contribution in [-0.4, -0.2) is 21.4 Å². The van der Waals surface area contributed by atoms with E-state index >= 15 is 0 Å². The van der Waals surface area contributed by atoms with Gasteiger partial charge in [-0.2, -0.15) is 0 Å². The maximum absolute atomic E-state index is 12.9. The minimum absolute atomic E-state index is 0.139. The van der Waals surface area contributed by atoms with Crippen molar-refractivity contribution in [2.24, 2.45) is 0 Å². The molecule has 0 aromatic heterocycles. The van der Waals surface area contributed by atoms with E-state index in [1.807, 2.05) is 61.5 Å². The quantitative estimate of drug-likeness (QED) is 0.314. The average molecular weight is 503 g/mol. The molecule has 0 spiro atoms. The molecule has 5 nitrogen and oxygen atoms in total. The van der Waals surface area contributed by atoms with Gasteiger partial charge in [0.05, 0.1) is 22.7 Å². The van der Waals surface area contributed by atoms with Crippen LogP contribution in [-0.2, 0) is 21.2 Å². The number of aryl methyl sites for hydroxylation is 1. The Morgan fingerprint density at radius 2 is 1.46 bits per heavy atom. The highest BCUT2D eigenvalue weighted by Crippen LogP contribution is 2.33. The summed E-state index contributed by atoms with van der Waals surface area (Å²) < 4.78 is 27.1. The summed E-state index contributed by atoms with van der Waals surface area (Å²) in [6.07, 6.45) is 0.180. The Morgan fingerprint density at radius 1 is 0.829 bits per heavy atom. The molecule has 0 aliphatic rings. The van der Waals surface area contributed by atoms with E-state index in [4.69, 9.17) is 0 Å². The van der Waals surface area contributed by atoms with Crippen molar-refractivity contribution in [1.82, 2.24) is 0 Å². The number of nitrogens with zero attached hydrogens (tertiary/aromatic N) is 1. The van der Waals surface area contributed by atoms with E-state index in [1.54, 1.807) is 60.3 Å². The Morgan fingerprint density at radius 3 is 2.14 bits per heavy atom. The highest BCUT2D eigenvalue weighted by Gasteiger charge is 2.21. The van der Waals surface area contributed by atoms with Gasteiger partial charge in [0.25, 0.3) is 10.0 Å². The van der Waals surface area contributed by atoms with Crippen molar-refractivity contribution in [3.63, 3.8) is 0 Å². The van der Waals surface area contributed by atoms with Crippen molar-refractivity contribution in [1.29, 1.82) is 0 Å². The van der Waals surface area contributed by atoms with E-state index in [0.717, 1.165) is 26.6 Å². The van der Waals surface area contributed by atoms with Crippen molar-refractivity contribution < 1.29 is 13.2 Å². The first kappa shape index (κ1) is 24.6. The van der Waals surface area contributed by atoms with E-state index in [-0.39, 0.29) is 17.2 Å². The number of amides is 1. The van der Waals surface area contributed by atoms with Crippen molar-refractivity contribution in [2.45, 2.75) is 28.0 Å². The summed E-state index contributed by atoms with van der Waals surface area (Å²) in [6, 6.07) is 31.4. The number of carbonyl (C=O) groups is 1.